The Morgan fingerprint density at radius 3 is 3.13 bits per heavy atom. The van der Waals surface area contributed by atoms with Gasteiger partial charge in [0.2, 0.25) is 0 Å². The third kappa shape index (κ3) is 3.25. The predicted molar refractivity (Wildman–Crippen MR) is 58.8 cm³/mol. The molecule has 1 aromatic heterocycles. The molecule has 0 radical (unpaired) electrons. The SMILES string of the molecule is CCOCC(C)Nc1nc[nH]c(=O)c1N. The molecule has 15 heavy (non-hydrogen) atoms. The molecule has 0 amide bonds. The second-order valence-electron chi connectivity index (χ2n) is 3.20. The van der Waals surface area contributed by atoms with E-state index in [2.05, 4.69) is 15.3 Å². The molecule has 1 heterocycles. The maximum absolute atomic E-state index is 11.1. The Morgan fingerprint density at radius 2 is 2.47 bits per heavy atom. The molecule has 0 fully saturated rings. The van der Waals surface area contributed by atoms with Crippen molar-refractivity contribution < 1.29 is 4.74 Å². The van der Waals surface area contributed by atoms with E-state index in [-0.39, 0.29) is 17.3 Å². The summed E-state index contributed by atoms with van der Waals surface area (Å²) in [6, 6.07) is 0.0570. The van der Waals surface area contributed by atoms with E-state index in [0.717, 1.165) is 0 Å². The molecule has 0 saturated heterocycles. The molecule has 0 spiro atoms. The van der Waals surface area contributed by atoms with E-state index in [9.17, 15) is 4.79 Å². The van der Waals surface area contributed by atoms with Crippen LogP contribution in [0.3, 0.4) is 0 Å². The molecule has 0 aliphatic heterocycles. The van der Waals surface area contributed by atoms with Gasteiger partial charge in [0.05, 0.1) is 12.9 Å². The fourth-order valence-electron chi connectivity index (χ4n) is 1.09. The highest BCUT2D eigenvalue weighted by Gasteiger charge is 2.07. The zero-order valence-corrected chi connectivity index (χ0v) is 8.91. The minimum atomic E-state index is -0.337. The Labute approximate surface area is 87.9 Å². The molecule has 0 aliphatic rings. The largest absolute Gasteiger partial charge is 0.391 e. The van der Waals surface area contributed by atoms with Crippen LogP contribution in [-0.4, -0.2) is 29.2 Å². The molecule has 0 saturated carbocycles. The van der Waals surface area contributed by atoms with E-state index in [1.54, 1.807) is 0 Å². The second kappa shape index (κ2) is 5.35. The summed E-state index contributed by atoms with van der Waals surface area (Å²) < 4.78 is 5.22. The monoisotopic (exact) mass is 212 g/mol. The van der Waals surface area contributed by atoms with Gasteiger partial charge in [0.1, 0.15) is 5.69 Å². The minimum absolute atomic E-state index is 0.0570. The normalized spacial score (nSPS) is 12.4. The number of anilines is 2. The van der Waals surface area contributed by atoms with Crippen molar-refractivity contribution in [1.82, 2.24) is 9.97 Å². The van der Waals surface area contributed by atoms with Crippen LogP contribution in [0.25, 0.3) is 0 Å². The zero-order valence-electron chi connectivity index (χ0n) is 8.91. The Morgan fingerprint density at radius 1 is 1.73 bits per heavy atom. The number of aromatic nitrogens is 2. The van der Waals surface area contributed by atoms with Crippen molar-refractivity contribution in [2.45, 2.75) is 19.9 Å². The maximum atomic E-state index is 11.1. The molecule has 1 unspecified atom stereocenters. The van der Waals surface area contributed by atoms with Crippen LogP contribution in [0.15, 0.2) is 11.1 Å². The van der Waals surface area contributed by atoms with E-state index in [0.29, 0.717) is 19.0 Å². The van der Waals surface area contributed by atoms with Gasteiger partial charge in [-0.2, -0.15) is 0 Å². The smallest absolute Gasteiger partial charge is 0.276 e. The predicted octanol–water partition coefficient (Wildman–Crippen LogP) is 0.189. The lowest BCUT2D eigenvalue weighted by atomic mass is 10.3. The number of nitrogen functional groups attached to an aromatic ring is 1. The molecular formula is C9H16N4O2. The van der Waals surface area contributed by atoms with Gasteiger partial charge in [-0.05, 0) is 13.8 Å². The molecule has 84 valence electrons. The van der Waals surface area contributed by atoms with Crippen molar-refractivity contribution in [1.29, 1.82) is 0 Å². The van der Waals surface area contributed by atoms with Crippen molar-refractivity contribution in [3.05, 3.63) is 16.7 Å². The topological polar surface area (TPSA) is 93.0 Å². The van der Waals surface area contributed by atoms with Crippen LogP contribution in [0.2, 0.25) is 0 Å². The van der Waals surface area contributed by atoms with Crippen LogP contribution in [0.4, 0.5) is 11.5 Å². The average Bonchev–Trinajstić information content (AvgIpc) is 2.22. The second-order valence-corrected chi connectivity index (χ2v) is 3.20. The summed E-state index contributed by atoms with van der Waals surface area (Å²) in [4.78, 5) is 17.5. The van der Waals surface area contributed by atoms with E-state index in [1.165, 1.54) is 6.33 Å². The van der Waals surface area contributed by atoms with Gasteiger partial charge < -0.3 is 20.8 Å². The van der Waals surface area contributed by atoms with Gasteiger partial charge in [0.15, 0.2) is 5.82 Å². The molecule has 0 aliphatic carbocycles. The quantitative estimate of drug-likeness (QED) is 0.647. The third-order valence-corrected chi connectivity index (χ3v) is 1.84. The number of ether oxygens (including phenoxy) is 1. The number of rotatable bonds is 5. The van der Waals surface area contributed by atoms with Gasteiger partial charge in [0.25, 0.3) is 5.56 Å². The Bertz CT molecular complexity index is 363. The summed E-state index contributed by atoms with van der Waals surface area (Å²) in [5.41, 5.74) is 5.31. The summed E-state index contributed by atoms with van der Waals surface area (Å²) in [5, 5.41) is 3.00. The number of hydrogen-bond acceptors (Lipinski definition) is 5. The van der Waals surface area contributed by atoms with Gasteiger partial charge in [-0.1, -0.05) is 0 Å². The van der Waals surface area contributed by atoms with Gasteiger partial charge >= 0.3 is 0 Å². The molecule has 1 aromatic rings. The Kier molecular flexibility index (Phi) is 4.11. The molecule has 0 aromatic carbocycles. The molecule has 1 atom stereocenters. The lowest BCUT2D eigenvalue weighted by Crippen LogP contribution is -2.25. The van der Waals surface area contributed by atoms with E-state index in [4.69, 9.17) is 10.5 Å². The first kappa shape index (κ1) is 11.5. The highest BCUT2D eigenvalue weighted by Crippen LogP contribution is 2.08. The number of nitrogens with zero attached hydrogens (tertiary/aromatic N) is 1. The third-order valence-electron chi connectivity index (χ3n) is 1.84. The number of H-pyrrole nitrogens is 1. The first-order valence-corrected chi connectivity index (χ1v) is 4.82. The molecule has 6 nitrogen and oxygen atoms in total. The zero-order chi connectivity index (χ0) is 11.3. The number of nitrogens with one attached hydrogen (secondary N) is 2. The van der Waals surface area contributed by atoms with Gasteiger partial charge in [-0.3, -0.25) is 4.79 Å². The fourth-order valence-corrected chi connectivity index (χ4v) is 1.09. The number of aromatic amines is 1. The number of nitrogens with two attached hydrogens (primary N) is 1. The lowest BCUT2D eigenvalue weighted by molar-refractivity contribution is 0.141. The maximum Gasteiger partial charge on any atom is 0.276 e. The molecule has 6 heteroatoms. The standard InChI is InChI=1S/C9H16N4O2/c1-3-15-4-6(2)13-8-7(10)9(14)12-5-11-8/h5-6H,3-4,10H2,1-2H3,(H2,11,12,13,14). The van der Waals surface area contributed by atoms with Gasteiger partial charge in [-0.25, -0.2) is 4.98 Å². The van der Waals surface area contributed by atoms with E-state index < -0.39 is 0 Å². The Balaban J connectivity index is 2.64. The molecule has 0 bridgehead atoms. The molecule has 1 rings (SSSR count). The lowest BCUT2D eigenvalue weighted by Gasteiger charge is -2.14. The van der Waals surface area contributed by atoms with Crippen LogP contribution in [0, 0.1) is 0 Å². The highest BCUT2D eigenvalue weighted by atomic mass is 16.5. The number of hydrogen-bond donors (Lipinski definition) is 3. The minimum Gasteiger partial charge on any atom is -0.391 e. The van der Waals surface area contributed by atoms with Crippen molar-refractivity contribution in [3.8, 4) is 0 Å². The van der Waals surface area contributed by atoms with Crippen LogP contribution >= 0.6 is 0 Å². The molecular weight excluding hydrogens is 196 g/mol. The summed E-state index contributed by atoms with van der Waals surface area (Å²) >= 11 is 0. The average molecular weight is 212 g/mol. The summed E-state index contributed by atoms with van der Waals surface area (Å²) in [5.74, 6) is 0.394. The van der Waals surface area contributed by atoms with E-state index >= 15 is 0 Å². The first-order valence-electron chi connectivity index (χ1n) is 4.82. The van der Waals surface area contributed by atoms with Crippen LogP contribution in [-0.2, 0) is 4.74 Å². The van der Waals surface area contributed by atoms with Crippen LogP contribution in [0.1, 0.15) is 13.8 Å². The van der Waals surface area contributed by atoms with E-state index in [1.807, 2.05) is 13.8 Å². The van der Waals surface area contributed by atoms with Gasteiger partial charge in [-0.15, -0.1) is 0 Å². The van der Waals surface area contributed by atoms with Gasteiger partial charge in [0, 0.05) is 12.6 Å². The molecule has 4 N–H and O–H groups in total. The summed E-state index contributed by atoms with van der Waals surface area (Å²) in [6.07, 6.45) is 1.31. The van der Waals surface area contributed by atoms with Crippen molar-refractivity contribution >= 4 is 11.5 Å². The fraction of sp³-hybridized carbons (Fsp3) is 0.556. The summed E-state index contributed by atoms with van der Waals surface area (Å²) in [6.45, 7) is 5.05. The van der Waals surface area contributed by atoms with Crippen molar-refractivity contribution in [3.63, 3.8) is 0 Å². The van der Waals surface area contributed by atoms with Crippen molar-refractivity contribution in [2.75, 3.05) is 24.3 Å². The first-order chi connectivity index (χ1) is 7.15. The highest BCUT2D eigenvalue weighted by molar-refractivity contribution is 5.59. The summed E-state index contributed by atoms with van der Waals surface area (Å²) in [7, 11) is 0. The van der Waals surface area contributed by atoms with Crippen LogP contribution < -0.4 is 16.6 Å². The van der Waals surface area contributed by atoms with Crippen molar-refractivity contribution in [2.24, 2.45) is 0 Å². The van der Waals surface area contributed by atoms with Crippen LogP contribution in [0.5, 0.6) is 0 Å². The Hall–Kier alpha value is -1.56.